The Morgan fingerprint density at radius 1 is 1.12 bits per heavy atom. The van der Waals surface area contributed by atoms with Crippen LogP contribution in [-0.2, 0) is 14.3 Å². The van der Waals surface area contributed by atoms with E-state index in [1.165, 1.54) is 18.9 Å². The van der Waals surface area contributed by atoms with Crippen LogP contribution in [0.3, 0.4) is 0 Å². The first-order chi connectivity index (χ1) is 12.0. The van der Waals surface area contributed by atoms with Crippen molar-refractivity contribution in [1.29, 1.82) is 0 Å². The minimum atomic E-state index is -0.713. The second-order valence-corrected chi connectivity index (χ2v) is 5.82. The minimum Gasteiger partial charge on any atom is -0.446 e. The zero-order chi connectivity index (χ0) is 18.0. The van der Waals surface area contributed by atoms with Gasteiger partial charge < -0.3 is 9.47 Å². The van der Waals surface area contributed by atoms with Gasteiger partial charge in [-0.15, -0.1) is 5.10 Å². The number of rotatable bonds is 3. The maximum Gasteiger partial charge on any atom is 0.308 e. The van der Waals surface area contributed by atoms with Crippen LogP contribution in [0.4, 0.5) is 0 Å². The molecule has 3 rings (SSSR count). The van der Waals surface area contributed by atoms with Gasteiger partial charge in [0.25, 0.3) is 0 Å². The number of esters is 1. The highest BCUT2D eigenvalue weighted by Crippen LogP contribution is 2.33. The summed E-state index contributed by atoms with van der Waals surface area (Å²) in [7, 11) is 0. The van der Waals surface area contributed by atoms with E-state index in [4.69, 9.17) is 21.1 Å². The highest BCUT2D eigenvalue weighted by Gasteiger charge is 2.34. The predicted molar refractivity (Wildman–Crippen MR) is 92.1 cm³/mol. The zero-order valence-corrected chi connectivity index (χ0v) is 14.4. The van der Waals surface area contributed by atoms with Gasteiger partial charge in [0.2, 0.25) is 18.0 Å². The molecule has 1 aliphatic heterocycles. The summed E-state index contributed by atoms with van der Waals surface area (Å²) in [6.45, 7) is 2.71. The molecule has 1 atom stereocenters. The number of halogens is 1. The van der Waals surface area contributed by atoms with Crippen molar-refractivity contribution in [2.75, 3.05) is 0 Å². The summed E-state index contributed by atoms with van der Waals surface area (Å²) in [6, 6.07) is 13.8. The molecule has 1 unspecified atom stereocenters. The van der Waals surface area contributed by atoms with Crippen molar-refractivity contribution in [2.45, 2.75) is 20.1 Å². The van der Waals surface area contributed by atoms with Crippen LogP contribution in [0.15, 0.2) is 53.6 Å². The number of para-hydroxylation sites is 1. The van der Waals surface area contributed by atoms with Crippen LogP contribution in [0.1, 0.15) is 31.2 Å². The van der Waals surface area contributed by atoms with Crippen LogP contribution >= 0.6 is 11.6 Å². The molecule has 0 aromatic heterocycles. The van der Waals surface area contributed by atoms with Crippen molar-refractivity contribution in [2.24, 2.45) is 5.10 Å². The van der Waals surface area contributed by atoms with Gasteiger partial charge in [0.1, 0.15) is 5.75 Å². The van der Waals surface area contributed by atoms with Crippen molar-refractivity contribution in [1.82, 2.24) is 5.01 Å². The summed E-state index contributed by atoms with van der Waals surface area (Å²) in [6.07, 6.45) is -0.713. The molecule has 0 radical (unpaired) electrons. The fourth-order valence-electron chi connectivity index (χ4n) is 2.41. The van der Waals surface area contributed by atoms with E-state index in [9.17, 15) is 9.59 Å². The summed E-state index contributed by atoms with van der Waals surface area (Å²) >= 11 is 5.91. The van der Waals surface area contributed by atoms with E-state index >= 15 is 0 Å². The van der Waals surface area contributed by atoms with Gasteiger partial charge >= 0.3 is 5.97 Å². The van der Waals surface area contributed by atoms with Crippen molar-refractivity contribution in [3.05, 3.63) is 64.7 Å². The Kier molecular flexibility index (Phi) is 4.72. The molecule has 1 heterocycles. The van der Waals surface area contributed by atoms with Crippen LogP contribution in [0.5, 0.6) is 5.75 Å². The molecule has 1 aliphatic rings. The van der Waals surface area contributed by atoms with Gasteiger partial charge in [-0.3, -0.25) is 9.59 Å². The molecule has 0 spiro atoms. The van der Waals surface area contributed by atoms with E-state index < -0.39 is 12.2 Å². The molecule has 25 heavy (non-hydrogen) atoms. The molecule has 7 heteroatoms. The smallest absolute Gasteiger partial charge is 0.308 e. The summed E-state index contributed by atoms with van der Waals surface area (Å²) in [4.78, 5) is 23.3. The van der Waals surface area contributed by atoms with Crippen molar-refractivity contribution < 1.29 is 19.1 Å². The molecule has 6 nitrogen and oxygen atoms in total. The second kappa shape index (κ2) is 6.94. The van der Waals surface area contributed by atoms with Gasteiger partial charge in [-0.2, -0.15) is 5.01 Å². The number of hydrogen-bond donors (Lipinski definition) is 0. The first-order valence-electron chi connectivity index (χ1n) is 7.54. The largest absolute Gasteiger partial charge is 0.446 e. The lowest BCUT2D eigenvalue weighted by atomic mass is 10.2. The second-order valence-electron chi connectivity index (χ2n) is 5.38. The van der Waals surface area contributed by atoms with Crippen LogP contribution in [0.25, 0.3) is 0 Å². The molecule has 0 bridgehead atoms. The van der Waals surface area contributed by atoms with Crippen LogP contribution in [0, 0.1) is 0 Å². The first-order valence-corrected chi connectivity index (χ1v) is 7.92. The Morgan fingerprint density at radius 3 is 2.44 bits per heavy atom. The summed E-state index contributed by atoms with van der Waals surface area (Å²) in [5, 5.41) is 6.08. The number of benzene rings is 2. The predicted octanol–water partition coefficient (Wildman–Crippen LogP) is 3.50. The number of nitrogens with zero attached hydrogens (tertiary/aromatic N) is 2. The zero-order valence-electron chi connectivity index (χ0n) is 13.6. The maximum atomic E-state index is 12.0. The minimum absolute atomic E-state index is 0.201. The molecule has 2 aromatic carbocycles. The van der Waals surface area contributed by atoms with Crippen LogP contribution < -0.4 is 4.74 Å². The summed E-state index contributed by atoms with van der Waals surface area (Å²) < 4.78 is 11.1. The van der Waals surface area contributed by atoms with Gasteiger partial charge in [0.05, 0.1) is 5.56 Å². The number of hydrogen-bond acceptors (Lipinski definition) is 5. The van der Waals surface area contributed by atoms with Gasteiger partial charge in [0, 0.05) is 24.4 Å². The number of carbonyl (C=O) groups excluding carboxylic acids is 2. The number of ether oxygens (including phenoxy) is 2. The molecule has 0 N–H and O–H groups in total. The quantitative estimate of drug-likeness (QED) is 0.622. The van der Waals surface area contributed by atoms with Crippen molar-refractivity contribution in [3.63, 3.8) is 0 Å². The average molecular weight is 359 g/mol. The van der Waals surface area contributed by atoms with Gasteiger partial charge in [-0.25, -0.2) is 0 Å². The monoisotopic (exact) mass is 358 g/mol. The van der Waals surface area contributed by atoms with E-state index in [0.717, 1.165) is 5.56 Å². The molecule has 0 saturated carbocycles. The van der Waals surface area contributed by atoms with E-state index in [1.54, 1.807) is 48.5 Å². The standard InChI is InChI=1S/C18H15ClN2O4/c1-11(22)21-18(13-7-9-14(19)10-8-13)25-17(20-21)15-5-3-4-6-16(15)24-12(2)23/h3-10,18H,1-2H3. The molecule has 0 saturated heterocycles. The average Bonchev–Trinajstić information content (AvgIpc) is 3.01. The third kappa shape index (κ3) is 3.64. The topological polar surface area (TPSA) is 68.2 Å². The third-order valence-electron chi connectivity index (χ3n) is 3.49. The lowest BCUT2D eigenvalue weighted by Gasteiger charge is -2.19. The lowest BCUT2D eigenvalue weighted by molar-refractivity contribution is -0.135. The summed E-state index contributed by atoms with van der Waals surface area (Å²) in [5.41, 5.74) is 1.21. The molecule has 1 amide bonds. The van der Waals surface area contributed by atoms with E-state index in [1.807, 2.05) is 0 Å². The van der Waals surface area contributed by atoms with E-state index in [0.29, 0.717) is 16.3 Å². The Morgan fingerprint density at radius 2 is 1.80 bits per heavy atom. The Labute approximate surface area is 149 Å². The number of carbonyl (C=O) groups is 2. The molecule has 0 fully saturated rings. The van der Waals surface area contributed by atoms with Crippen LogP contribution in [0.2, 0.25) is 5.02 Å². The van der Waals surface area contributed by atoms with Crippen LogP contribution in [-0.4, -0.2) is 22.8 Å². The highest BCUT2D eigenvalue weighted by molar-refractivity contribution is 6.30. The van der Waals surface area contributed by atoms with Crippen molar-refractivity contribution in [3.8, 4) is 5.75 Å². The van der Waals surface area contributed by atoms with E-state index in [2.05, 4.69) is 5.10 Å². The number of amides is 1. The molecule has 128 valence electrons. The Hall–Kier alpha value is -2.86. The summed E-state index contributed by atoms with van der Waals surface area (Å²) in [5.74, 6) is -0.218. The van der Waals surface area contributed by atoms with Gasteiger partial charge in [-0.1, -0.05) is 35.9 Å². The first kappa shape index (κ1) is 17.0. The molecule has 2 aromatic rings. The molecular formula is C18H15ClN2O4. The SMILES string of the molecule is CC(=O)Oc1ccccc1C1=NN(C(C)=O)C(c2ccc(Cl)cc2)O1. The van der Waals surface area contributed by atoms with E-state index in [-0.39, 0.29) is 11.8 Å². The Balaban J connectivity index is 1.96. The fraction of sp³-hybridized carbons (Fsp3) is 0.167. The normalized spacial score (nSPS) is 16.2. The maximum absolute atomic E-state index is 12.0. The fourth-order valence-corrected chi connectivity index (χ4v) is 2.53. The van der Waals surface area contributed by atoms with Crippen molar-refractivity contribution >= 4 is 29.4 Å². The third-order valence-corrected chi connectivity index (χ3v) is 3.74. The molecule has 0 aliphatic carbocycles. The van der Waals surface area contributed by atoms with Gasteiger partial charge in [-0.05, 0) is 24.3 Å². The number of hydrazone groups is 1. The lowest BCUT2D eigenvalue weighted by Crippen LogP contribution is -2.25. The van der Waals surface area contributed by atoms with Gasteiger partial charge in [0.15, 0.2) is 0 Å². The Bertz CT molecular complexity index is 848. The highest BCUT2D eigenvalue weighted by atomic mass is 35.5. The molecular weight excluding hydrogens is 344 g/mol.